The minimum atomic E-state index is -2.01. The lowest BCUT2D eigenvalue weighted by Gasteiger charge is -1.95. The summed E-state index contributed by atoms with van der Waals surface area (Å²) in [6.07, 6.45) is 0. The monoisotopic (exact) mass is 145 g/mol. The quantitative estimate of drug-likeness (QED) is 0.399. The third kappa shape index (κ3) is 7.67. The Morgan fingerprint density at radius 3 is 2.56 bits per heavy atom. The zero-order valence-corrected chi connectivity index (χ0v) is 6.33. The first-order valence-electron chi connectivity index (χ1n) is 2.67. The van der Waals surface area contributed by atoms with Crippen molar-refractivity contribution in [2.24, 2.45) is 5.92 Å². The Labute approximate surface area is 57.9 Å². The van der Waals surface area contributed by atoms with Crippen LogP contribution in [0.3, 0.4) is 0 Å². The van der Waals surface area contributed by atoms with Crippen LogP contribution in [-0.2, 0) is 11.1 Å². The minimum absolute atomic E-state index is 0.0435. The summed E-state index contributed by atoms with van der Waals surface area (Å²) in [7, 11) is 0. The van der Waals surface area contributed by atoms with E-state index in [9.17, 15) is 8.76 Å². The maximum absolute atomic E-state index is 9.88. The van der Waals surface area contributed by atoms with Crippen LogP contribution < -0.4 is 0 Å². The summed E-state index contributed by atoms with van der Waals surface area (Å²) >= 11 is -2.01. The summed E-state index contributed by atoms with van der Waals surface area (Å²) in [4.78, 5) is 0. The molecule has 0 fully saturated rings. The van der Waals surface area contributed by atoms with E-state index in [1.165, 1.54) is 0 Å². The Kier molecular flexibility index (Phi) is 4.37. The Bertz CT molecular complexity index is 152. The van der Waals surface area contributed by atoms with Gasteiger partial charge < -0.3 is 4.55 Å². The van der Waals surface area contributed by atoms with E-state index in [1.54, 1.807) is 0 Å². The van der Waals surface area contributed by atoms with E-state index in [-0.39, 0.29) is 11.7 Å². The first-order chi connectivity index (χ1) is 4.13. The molecule has 0 aromatic heterocycles. The van der Waals surface area contributed by atoms with E-state index in [0.29, 0.717) is 0 Å². The van der Waals surface area contributed by atoms with E-state index in [1.807, 2.05) is 13.8 Å². The summed E-state index contributed by atoms with van der Waals surface area (Å²) in [5.41, 5.74) is 0. The molecule has 0 heterocycles. The van der Waals surface area contributed by atoms with Crippen molar-refractivity contribution < 1.29 is 8.76 Å². The third-order valence-corrected chi connectivity index (χ3v) is 0.961. The average molecular weight is 145 g/mol. The van der Waals surface area contributed by atoms with Crippen molar-refractivity contribution in [1.82, 2.24) is 0 Å². The van der Waals surface area contributed by atoms with Gasteiger partial charge in [0.25, 0.3) is 0 Å². The van der Waals surface area contributed by atoms with Crippen molar-refractivity contribution in [3.05, 3.63) is 0 Å². The maximum atomic E-state index is 9.88. The number of hydrogen-bond donors (Lipinski definition) is 0. The predicted octanol–water partition coefficient (Wildman–Crippen LogP) is 0.525. The topological polar surface area (TPSA) is 40.1 Å². The lowest BCUT2D eigenvalue weighted by molar-refractivity contribution is 0.540. The molecule has 0 aromatic rings. The second-order valence-electron chi connectivity index (χ2n) is 1.92. The van der Waals surface area contributed by atoms with E-state index in [4.69, 9.17) is 0 Å². The van der Waals surface area contributed by atoms with E-state index in [0.717, 1.165) is 0 Å². The molecule has 0 aliphatic carbocycles. The van der Waals surface area contributed by atoms with Crippen LogP contribution in [0.15, 0.2) is 0 Å². The van der Waals surface area contributed by atoms with Crippen LogP contribution >= 0.6 is 0 Å². The van der Waals surface area contributed by atoms with Gasteiger partial charge in [-0.05, 0) is 11.1 Å². The van der Waals surface area contributed by atoms with Crippen LogP contribution in [0.4, 0.5) is 0 Å². The van der Waals surface area contributed by atoms with Gasteiger partial charge in [-0.15, -0.1) is 0 Å². The first-order valence-corrected chi connectivity index (χ1v) is 3.91. The van der Waals surface area contributed by atoms with Gasteiger partial charge >= 0.3 is 0 Å². The lowest BCUT2D eigenvalue weighted by Crippen LogP contribution is -1.91. The highest BCUT2D eigenvalue weighted by molar-refractivity contribution is 7.79. The molecule has 0 aliphatic rings. The molecule has 52 valence electrons. The first kappa shape index (κ1) is 8.67. The molecular weight excluding hydrogens is 136 g/mol. The van der Waals surface area contributed by atoms with E-state index in [2.05, 4.69) is 11.8 Å². The molecule has 0 aliphatic heterocycles. The molecule has 0 rings (SSSR count). The van der Waals surface area contributed by atoms with Gasteiger partial charge in [0.15, 0.2) is 0 Å². The largest absolute Gasteiger partial charge is 0.772 e. The van der Waals surface area contributed by atoms with E-state index >= 15 is 0 Å². The fourth-order valence-electron chi connectivity index (χ4n) is 0.305. The average Bonchev–Trinajstić information content (AvgIpc) is 1.63. The molecular formula is C6H9O2S-. The molecule has 0 saturated carbocycles. The molecule has 9 heavy (non-hydrogen) atoms. The predicted molar refractivity (Wildman–Crippen MR) is 36.4 cm³/mol. The van der Waals surface area contributed by atoms with Crippen LogP contribution in [-0.4, -0.2) is 14.5 Å². The highest BCUT2D eigenvalue weighted by Crippen LogP contribution is 1.85. The smallest absolute Gasteiger partial charge is 0.0715 e. The van der Waals surface area contributed by atoms with Crippen molar-refractivity contribution in [1.29, 1.82) is 0 Å². The van der Waals surface area contributed by atoms with Crippen LogP contribution in [0.25, 0.3) is 0 Å². The second kappa shape index (κ2) is 4.54. The molecule has 0 N–H and O–H groups in total. The minimum Gasteiger partial charge on any atom is -0.772 e. The van der Waals surface area contributed by atoms with Crippen molar-refractivity contribution in [3.8, 4) is 11.8 Å². The Hall–Kier alpha value is -0.330. The lowest BCUT2D eigenvalue weighted by atomic mass is 10.2. The maximum Gasteiger partial charge on any atom is 0.0715 e. The summed E-state index contributed by atoms with van der Waals surface area (Å²) < 4.78 is 19.8. The van der Waals surface area contributed by atoms with Crippen LogP contribution in [0.1, 0.15) is 13.8 Å². The van der Waals surface area contributed by atoms with Gasteiger partial charge in [-0.2, -0.15) is 0 Å². The molecule has 0 spiro atoms. The molecule has 0 radical (unpaired) electrons. The van der Waals surface area contributed by atoms with Gasteiger partial charge in [-0.3, -0.25) is 4.21 Å². The summed E-state index contributed by atoms with van der Waals surface area (Å²) in [5.74, 6) is 5.47. The zero-order chi connectivity index (χ0) is 7.28. The van der Waals surface area contributed by atoms with Crippen molar-refractivity contribution in [2.75, 3.05) is 5.75 Å². The molecule has 0 saturated heterocycles. The SMILES string of the molecule is CC(C)C#CCS(=O)[O-]. The van der Waals surface area contributed by atoms with Crippen molar-refractivity contribution in [3.63, 3.8) is 0 Å². The Morgan fingerprint density at radius 2 is 2.22 bits per heavy atom. The number of rotatable bonds is 1. The van der Waals surface area contributed by atoms with Gasteiger partial charge in [0.2, 0.25) is 0 Å². The molecule has 0 aromatic carbocycles. The van der Waals surface area contributed by atoms with Crippen molar-refractivity contribution >= 4 is 11.1 Å². The van der Waals surface area contributed by atoms with Gasteiger partial charge in [-0.1, -0.05) is 25.7 Å². The molecule has 0 bridgehead atoms. The normalized spacial score (nSPS) is 12.4. The van der Waals surface area contributed by atoms with Gasteiger partial charge in [-0.25, -0.2) is 0 Å². The third-order valence-electron chi connectivity index (χ3n) is 0.581. The van der Waals surface area contributed by atoms with Crippen LogP contribution in [0.2, 0.25) is 0 Å². The molecule has 1 unspecified atom stereocenters. The molecule has 0 amide bonds. The second-order valence-corrected chi connectivity index (χ2v) is 2.82. The van der Waals surface area contributed by atoms with Gasteiger partial charge in [0.1, 0.15) is 0 Å². The fourth-order valence-corrected chi connectivity index (χ4v) is 0.506. The Balaban J connectivity index is 3.50. The fraction of sp³-hybridized carbons (Fsp3) is 0.667. The standard InChI is InChI=1S/C6H10O2S/c1-6(2)4-3-5-9(7)8/h6H,5H2,1-2H3,(H,7,8)/p-1. The number of hydrogen-bond acceptors (Lipinski definition) is 2. The van der Waals surface area contributed by atoms with Crippen LogP contribution in [0, 0.1) is 17.8 Å². The Morgan fingerprint density at radius 1 is 1.67 bits per heavy atom. The summed E-state index contributed by atoms with van der Waals surface area (Å²) in [6.45, 7) is 3.83. The highest BCUT2D eigenvalue weighted by atomic mass is 32.2. The van der Waals surface area contributed by atoms with Crippen molar-refractivity contribution in [2.45, 2.75) is 13.8 Å². The zero-order valence-electron chi connectivity index (χ0n) is 5.51. The summed E-state index contributed by atoms with van der Waals surface area (Å²) in [6, 6.07) is 0. The molecule has 3 heteroatoms. The molecule has 2 nitrogen and oxygen atoms in total. The van der Waals surface area contributed by atoms with Gasteiger partial charge in [0, 0.05) is 5.92 Å². The molecule has 1 atom stereocenters. The summed E-state index contributed by atoms with van der Waals surface area (Å²) in [5, 5.41) is 0. The van der Waals surface area contributed by atoms with Crippen LogP contribution in [0.5, 0.6) is 0 Å². The van der Waals surface area contributed by atoms with Gasteiger partial charge in [0.05, 0.1) is 5.75 Å². The van der Waals surface area contributed by atoms with E-state index < -0.39 is 11.1 Å². The highest BCUT2D eigenvalue weighted by Gasteiger charge is 1.80.